The van der Waals surface area contributed by atoms with Gasteiger partial charge in [-0.1, -0.05) is 46.3 Å². The topological polar surface area (TPSA) is 29.5 Å². The molecule has 0 fully saturated rings. The number of ether oxygens (including phenoxy) is 1. The monoisotopic (exact) mass is 306 g/mol. The van der Waals surface area contributed by atoms with Gasteiger partial charge in [0.2, 0.25) is 0 Å². The number of para-hydroxylation sites is 1. The van der Waals surface area contributed by atoms with Crippen molar-refractivity contribution in [3.8, 4) is 5.75 Å². The molecule has 2 nitrogen and oxygen atoms in total. The zero-order chi connectivity index (χ0) is 13.0. The van der Waals surface area contributed by atoms with Crippen LogP contribution >= 0.6 is 15.9 Å². The molecule has 0 amide bonds. The van der Waals surface area contributed by atoms with Crippen LogP contribution in [0.2, 0.25) is 0 Å². The Morgan fingerprint density at radius 2 is 1.78 bits per heavy atom. The molecule has 3 heteroatoms. The predicted molar refractivity (Wildman–Crippen MR) is 75.5 cm³/mol. The third kappa shape index (κ3) is 3.34. The molecule has 1 N–H and O–H groups in total. The van der Waals surface area contributed by atoms with Crippen molar-refractivity contribution in [1.82, 2.24) is 0 Å². The number of aliphatic hydroxyl groups is 1. The summed E-state index contributed by atoms with van der Waals surface area (Å²) in [6, 6.07) is 15.5. The van der Waals surface area contributed by atoms with Gasteiger partial charge in [0.15, 0.2) is 0 Å². The summed E-state index contributed by atoms with van der Waals surface area (Å²) in [5.74, 6) is 0.732. The van der Waals surface area contributed by atoms with Gasteiger partial charge in [-0.05, 0) is 30.7 Å². The van der Waals surface area contributed by atoms with Gasteiger partial charge in [-0.15, -0.1) is 0 Å². The Hall–Kier alpha value is -1.32. The third-order valence-corrected chi connectivity index (χ3v) is 3.21. The van der Waals surface area contributed by atoms with Crippen LogP contribution in [0.15, 0.2) is 53.0 Å². The number of hydrogen-bond donors (Lipinski definition) is 1. The summed E-state index contributed by atoms with van der Waals surface area (Å²) < 4.78 is 6.80. The van der Waals surface area contributed by atoms with E-state index in [-0.39, 0.29) is 0 Å². The van der Waals surface area contributed by atoms with Gasteiger partial charge in [0.25, 0.3) is 0 Å². The Bertz CT molecular complexity index is 506. The molecule has 2 aromatic carbocycles. The van der Waals surface area contributed by atoms with Crippen molar-refractivity contribution in [3.05, 3.63) is 64.1 Å². The molecule has 0 heterocycles. The van der Waals surface area contributed by atoms with Crippen molar-refractivity contribution >= 4 is 15.9 Å². The summed E-state index contributed by atoms with van der Waals surface area (Å²) in [4.78, 5) is 0. The van der Waals surface area contributed by atoms with E-state index in [1.807, 2.05) is 48.5 Å². The van der Waals surface area contributed by atoms with Crippen LogP contribution in [0, 0.1) is 0 Å². The van der Waals surface area contributed by atoms with Crippen molar-refractivity contribution < 1.29 is 9.84 Å². The summed E-state index contributed by atoms with van der Waals surface area (Å²) >= 11 is 3.40. The summed E-state index contributed by atoms with van der Waals surface area (Å²) in [7, 11) is 0. The lowest BCUT2D eigenvalue weighted by atomic mass is 10.1. The highest BCUT2D eigenvalue weighted by Gasteiger charge is 2.08. The van der Waals surface area contributed by atoms with Crippen LogP contribution in [0.1, 0.15) is 24.2 Å². The van der Waals surface area contributed by atoms with E-state index >= 15 is 0 Å². The van der Waals surface area contributed by atoms with Crippen LogP contribution in [0.5, 0.6) is 5.75 Å². The highest BCUT2D eigenvalue weighted by molar-refractivity contribution is 9.10. The molecule has 94 valence electrons. The second kappa shape index (κ2) is 6.03. The molecule has 0 aliphatic carbocycles. The first kappa shape index (κ1) is 13.1. The van der Waals surface area contributed by atoms with Gasteiger partial charge in [0.1, 0.15) is 12.4 Å². The lowest BCUT2D eigenvalue weighted by molar-refractivity contribution is 0.190. The highest BCUT2D eigenvalue weighted by Crippen LogP contribution is 2.25. The maximum atomic E-state index is 9.65. The molecule has 1 atom stereocenters. The molecule has 18 heavy (non-hydrogen) atoms. The minimum absolute atomic E-state index is 0.497. The van der Waals surface area contributed by atoms with Gasteiger partial charge in [-0.3, -0.25) is 0 Å². The van der Waals surface area contributed by atoms with E-state index in [0.29, 0.717) is 6.61 Å². The largest absolute Gasteiger partial charge is 0.489 e. The first-order valence-electron chi connectivity index (χ1n) is 5.81. The number of aliphatic hydroxyl groups excluding tert-OH is 1. The van der Waals surface area contributed by atoms with E-state index in [9.17, 15) is 5.11 Å². The molecule has 0 aromatic heterocycles. The highest BCUT2D eigenvalue weighted by atomic mass is 79.9. The van der Waals surface area contributed by atoms with Crippen molar-refractivity contribution in [3.63, 3.8) is 0 Å². The van der Waals surface area contributed by atoms with Crippen LogP contribution in [0.4, 0.5) is 0 Å². The Labute approximate surface area is 115 Å². The van der Waals surface area contributed by atoms with Gasteiger partial charge >= 0.3 is 0 Å². The second-order valence-corrected chi connectivity index (χ2v) is 5.04. The average Bonchev–Trinajstić information content (AvgIpc) is 2.38. The molecular formula is C15H15BrO2. The molecule has 0 unspecified atom stereocenters. The molecule has 0 spiro atoms. The lowest BCUT2D eigenvalue weighted by Gasteiger charge is -2.13. The Morgan fingerprint density at radius 3 is 2.44 bits per heavy atom. The molecule has 2 aromatic rings. The minimum Gasteiger partial charge on any atom is -0.489 e. The Balaban J connectivity index is 2.08. The number of halogens is 1. The van der Waals surface area contributed by atoms with Crippen molar-refractivity contribution in [2.24, 2.45) is 0 Å². The first-order chi connectivity index (χ1) is 8.66. The van der Waals surface area contributed by atoms with Crippen LogP contribution in [-0.4, -0.2) is 5.11 Å². The summed E-state index contributed by atoms with van der Waals surface area (Å²) in [5, 5.41) is 9.65. The van der Waals surface area contributed by atoms with E-state index in [1.165, 1.54) is 0 Å². The predicted octanol–water partition coefficient (Wildman–Crippen LogP) is 4.08. The molecule has 0 aliphatic heterocycles. The molecule has 0 bridgehead atoms. The van der Waals surface area contributed by atoms with E-state index in [1.54, 1.807) is 6.92 Å². The fraction of sp³-hybridized carbons (Fsp3) is 0.200. The fourth-order valence-electron chi connectivity index (χ4n) is 1.70. The van der Waals surface area contributed by atoms with E-state index in [2.05, 4.69) is 15.9 Å². The normalized spacial score (nSPS) is 12.2. The van der Waals surface area contributed by atoms with Crippen molar-refractivity contribution in [2.45, 2.75) is 19.6 Å². The first-order valence-corrected chi connectivity index (χ1v) is 6.60. The maximum absolute atomic E-state index is 9.65. The standard InChI is InChI=1S/C15H15BrO2/c1-11(17)14-4-2-3-5-15(14)18-10-12-6-8-13(16)9-7-12/h2-9,11,17H,10H2,1H3/t11-/m1/s1. The fourth-order valence-corrected chi connectivity index (χ4v) is 1.96. The molecule has 0 saturated carbocycles. The molecule has 2 rings (SSSR count). The zero-order valence-corrected chi connectivity index (χ0v) is 11.7. The van der Waals surface area contributed by atoms with Crippen LogP contribution in [0.3, 0.4) is 0 Å². The molecule has 0 saturated heterocycles. The smallest absolute Gasteiger partial charge is 0.125 e. The maximum Gasteiger partial charge on any atom is 0.125 e. The van der Waals surface area contributed by atoms with Crippen molar-refractivity contribution in [1.29, 1.82) is 0 Å². The second-order valence-electron chi connectivity index (χ2n) is 4.13. The zero-order valence-electron chi connectivity index (χ0n) is 10.1. The Kier molecular flexibility index (Phi) is 4.39. The van der Waals surface area contributed by atoms with Crippen LogP contribution in [0.25, 0.3) is 0 Å². The number of rotatable bonds is 4. The average molecular weight is 307 g/mol. The van der Waals surface area contributed by atoms with E-state index in [0.717, 1.165) is 21.3 Å². The van der Waals surface area contributed by atoms with Crippen molar-refractivity contribution in [2.75, 3.05) is 0 Å². The molecule has 0 radical (unpaired) electrons. The molecule has 0 aliphatic rings. The van der Waals surface area contributed by atoms with Gasteiger partial charge in [0, 0.05) is 10.0 Å². The van der Waals surface area contributed by atoms with Gasteiger partial charge in [-0.25, -0.2) is 0 Å². The Morgan fingerprint density at radius 1 is 1.11 bits per heavy atom. The number of hydrogen-bond acceptors (Lipinski definition) is 2. The van der Waals surface area contributed by atoms with Gasteiger partial charge in [-0.2, -0.15) is 0 Å². The van der Waals surface area contributed by atoms with Gasteiger partial charge in [0.05, 0.1) is 6.10 Å². The van der Waals surface area contributed by atoms with E-state index < -0.39 is 6.10 Å². The summed E-state index contributed by atoms with van der Waals surface area (Å²) in [6.45, 7) is 2.23. The summed E-state index contributed by atoms with van der Waals surface area (Å²) in [5.41, 5.74) is 1.91. The quantitative estimate of drug-likeness (QED) is 0.922. The SMILES string of the molecule is C[C@@H](O)c1ccccc1OCc1ccc(Br)cc1. The van der Waals surface area contributed by atoms with E-state index in [4.69, 9.17) is 4.74 Å². The van der Waals surface area contributed by atoms with Crippen LogP contribution < -0.4 is 4.74 Å². The number of benzene rings is 2. The van der Waals surface area contributed by atoms with Crippen LogP contribution in [-0.2, 0) is 6.61 Å². The lowest BCUT2D eigenvalue weighted by Crippen LogP contribution is -2.00. The summed E-state index contributed by atoms with van der Waals surface area (Å²) in [6.07, 6.45) is -0.522. The third-order valence-electron chi connectivity index (χ3n) is 2.68. The molecular weight excluding hydrogens is 292 g/mol. The minimum atomic E-state index is -0.522. The van der Waals surface area contributed by atoms with Gasteiger partial charge < -0.3 is 9.84 Å².